The second-order valence-electron chi connectivity index (χ2n) is 4.54. The lowest BCUT2D eigenvalue weighted by molar-refractivity contribution is -0.136. The van der Waals surface area contributed by atoms with Gasteiger partial charge in [0.05, 0.1) is 13.5 Å². The first-order valence-corrected chi connectivity index (χ1v) is 7.21. The molecule has 0 bridgehead atoms. The lowest BCUT2D eigenvalue weighted by Gasteiger charge is -2.13. The van der Waals surface area contributed by atoms with E-state index in [9.17, 15) is 4.79 Å². The van der Waals surface area contributed by atoms with Crippen molar-refractivity contribution >= 4 is 29.2 Å². The molecule has 0 aromatic heterocycles. The van der Waals surface area contributed by atoms with Crippen molar-refractivity contribution in [1.29, 1.82) is 0 Å². The summed E-state index contributed by atoms with van der Waals surface area (Å²) in [6, 6.07) is 10.2. The number of carboxylic acid groups (broad SMARTS) is 1. The maximum absolute atomic E-state index is 10.7. The van der Waals surface area contributed by atoms with Crippen molar-refractivity contribution in [3.63, 3.8) is 0 Å². The van der Waals surface area contributed by atoms with Crippen molar-refractivity contribution in [3.8, 4) is 11.5 Å². The van der Waals surface area contributed by atoms with E-state index in [1.54, 1.807) is 36.4 Å². The van der Waals surface area contributed by atoms with Gasteiger partial charge < -0.3 is 14.6 Å². The highest BCUT2D eigenvalue weighted by molar-refractivity contribution is 6.35. The SMILES string of the molecule is COc1cc(CC(=O)O)ccc1OCc1c(Cl)cccc1Cl. The summed E-state index contributed by atoms with van der Waals surface area (Å²) < 4.78 is 10.9. The van der Waals surface area contributed by atoms with E-state index in [0.29, 0.717) is 32.7 Å². The average molecular weight is 341 g/mol. The summed E-state index contributed by atoms with van der Waals surface area (Å²) in [5.74, 6) is 0.0492. The fourth-order valence-electron chi connectivity index (χ4n) is 1.94. The number of benzene rings is 2. The minimum absolute atomic E-state index is 0.0764. The molecule has 0 unspecified atom stereocenters. The Kier molecular flexibility index (Phi) is 5.52. The molecule has 4 nitrogen and oxygen atoms in total. The van der Waals surface area contributed by atoms with Crippen LogP contribution in [0.25, 0.3) is 0 Å². The Morgan fingerprint density at radius 3 is 2.41 bits per heavy atom. The highest BCUT2D eigenvalue weighted by Gasteiger charge is 2.11. The molecule has 1 N–H and O–H groups in total. The van der Waals surface area contributed by atoms with Crippen LogP contribution in [0.3, 0.4) is 0 Å². The molecular weight excluding hydrogens is 327 g/mol. The van der Waals surface area contributed by atoms with Gasteiger partial charge in [-0.1, -0.05) is 35.3 Å². The first-order chi connectivity index (χ1) is 10.5. The first kappa shape index (κ1) is 16.5. The predicted molar refractivity (Wildman–Crippen MR) is 85.1 cm³/mol. The number of carboxylic acids is 1. The van der Waals surface area contributed by atoms with E-state index in [1.807, 2.05) is 0 Å². The molecule has 0 radical (unpaired) electrons. The standard InChI is InChI=1S/C16H14Cl2O4/c1-21-15-7-10(8-16(19)20)5-6-14(15)22-9-11-12(17)3-2-4-13(11)18/h2-7H,8-9H2,1H3,(H,19,20). The maximum Gasteiger partial charge on any atom is 0.307 e. The Morgan fingerprint density at radius 1 is 1.14 bits per heavy atom. The lowest BCUT2D eigenvalue weighted by Crippen LogP contribution is -2.02. The molecule has 0 atom stereocenters. The van der Waals surface area contributed by atoms with Gasteiger partial charge >= 0.3 is 5.97 Å². The van der Waals surface area contributed by atoms with E-state index in [0.717, 1.165) is 0 Å². The molecule has 0 aliphatic rings. The minimum Gasteiger partial charge on any atom is -0.493 e. The van der Waals surface area contributed by atoms with Crippen LogP contribution in [0, 0.1) is 0 Å². The van der Waals surface area contributed by atoms with Crippen LogP contribution in [0.4, 0.5) is 0 Å². The third-order valence-electron chi connectivity index (χ3n) is 3.02. The number of halogens is 2. The summed E-state index contributed by atoms with van der Waals surface area (Å²) in [4.78, 5) is 10.7. The summed E-state index contributed by atoms with van der Waals surface area (Å²) in [7, 11) is 1.50. The van der Waals surface area contributed by atoms with E-state index in [4.69, 9.17) is 37.8 Å². The predicted octanol–water partition coefficient (Wildman–Crippen LogP) is 4.21. The molecule has 2 aromatic carbocycles. The Bertz CT molecular complexity index is 666. The smallest absolute Gasteiger partial charge is 0.307 e. The third-order valence-corrected chi connectivity index (χ3v) is 3.73. The zero-order valence-electron chi connectivity index (χ0n) is 11.8. The van der Waals surface area contributed by atoms with Crippen molar-refractivity contribution in [1.82, 2.24) is 0 Å². The summed E-state index contributed by atoms with van der Waals surface area (Å²) in [5, 5.41) is 9.86. The Labute approximate surface area is 138 Å². The Hall–Kier alpha value is -1.91. The highest BCUT2D eigenvalue weighted by Crippen LogP contribution is 2.31. The van der Waals surface area contributed by atoms with Gasteiger partial charge in [0.15, 0.2) is 11.5 Å². The number of aliphatic carboxylic acids is 1. The van der Waals surface area contributed by atoms with Crippen molar-refractivity contribution in [3.05, 3.63) is 57.6 Å². The second kappa shape index (κ2) is 7.38. The van der Waals surface area contributed by atoms with Gasteiger partial charge in [-0.25, -0.2) is 0 Å². The minimum atomic E-state index is -0.904. The average Bonchev–Trinajstić information content (AvgIpc) is 2.47. The molecule has 2 rings (SSSR count). The largest absolute Gasteiger partial charge is 0.493 e. The van der Waals surface area contributed by atoms with Crippen molar-refractivity contribution in [2.45, 2.75) is 13.0 Å². The second-order valence-corrected chi connectivity index (χ2v) is 5.36. The van der Waals surface area contributed by atoms with Crippen molar-refractivity contribution < 1.29 is 19.4 Å². The van der Waals surface area contributed by atoms with Crippen LogP contribution in [0.1, 0.15) is 11.1 Å². The molecule has 0 spiro atoms. The number of ether oxygens (including phenoxy) is 2. The first-order valence-electron chi connectivity index (χ1n) is 6.45. The van der Waals surface area contributed by atoms with Crippen molar-refractivity contribution in [2.75, 3.05) is 7.11 Å². The van der Waals surface area contributed by atoms with Gasteiger partial charge in [-0.3, -0.25) is 4.79 Å². The number of hydrogen-bond acceptors (Lipinski definition) is 3. The molecule has 6 heteroatoms. The molecule has 0 heterocycles. The van der Waals surface area contributed by atoms with Crippen LogP contribution in [-0.2, 0) is 17.8 Å². The zero-order chi connectivity index (χ0) is 16.1. The van der Waals surface area contributed by atoms with Crippen LogP contribution in [0.2, 0.25) is 10.0 Å². The van der Waals surface area contributed by atoms with Crippen LogP contribution in [0.15, 0.2) is 36.4 Å². The highest BCUT2D eigenvalue weighted by atomic mass is 35.5. The Morgan fingerprint density at radius 2 is 1.82 bits per heavy atom. The fourth-order valence-corrected chi connectivity index (χ4v) is 2.44. The van der Waals surface area contributed by atoms with Crippen LogP contribution in [0.5, 0.6) is 11.5 Å². The molecule has 2 aromatic rings. The van der Waals surface area contributed by atoms with Gasteiger partial charge in [0.25, 0.3) is 0 Å². The number of hydrogen-bond donors (Lipinski definition) is 1. The molecular formula is C16H14Cl2O4. The summed E-state index contributed by atoms with van der Waals surface area (Å²) in [6.07, 6.45) is -0.0764. The topological polar surface area (TPSA) is 55.8 Å². The van der Waals surface area contributed by atoms with E-state index in [-0.39, 0.29) is 13.0 Å². The molecule has 0 aliphatic carbocycles. The molecule has 0 aliphatic heterocycles. The zero-order valence-corrected chi connectivity index (χ0v) is 13.3. The summed E-state index contributed by atoms with van der Waals surface area (Å²) in [6.45, 7) is 0.188. The Balaban J connectivity index is 2.17. The van der Waals surface area contributed by atoms with E-state index in [1.165, 1.54) is 7.11 Å². The van der Waals surface area contributed by atoms with E-state index >= 15 is 0 Å². The van der Waals surface area contributed by atoms with Crippen LogP contribution < -0.4 is 9.47 Å². The quantitative estimate of drug-likeness (QED) is 0.855. The molecule has 0 fully saturated rings. The third kappa shape index (κ3) is 4.06. The fraction of sp³-hybridized carbons (Fsp3) is 0.188. The maximum atomic E-state index is 10.7. The van der Waals surface area contributed by atoms with Gasteiger partial charge in [-0.2, -0.15) is 0 Å². The molecule has 22 heavy (non-hydrogen) atoms. The van der Waals surface area contributed by atoms with E-state index in [2.05, 4.69) is 0 Å². The van der Waals surface area contributed by atoms with Gasteiger partial charge in [0.1, 0.15) is 6.61 Å². The lowest BCUT2D eigenvalue weighted by atomic mass is 10.1. The van der Waals surface area contributed by atoms with Gasteiger partial charge in [-0.15, -0.1) is 0 Å². The van der Waals surface area contributed by atoms with Gasteiger partial charge in [0, 0.05) is 15.6 Å². The number of methoxy groups -OCH3 is 1. The molecule has 0 amide bonds. The van der Waals surface area contributed by atoms with E-state index < -0.39 is 5.97 Å². The molecule has 0 saturated heterocycles. The number of carbonyl (C=O) groups is 1. The molecule has 0 saturated carbocycles. The van der Waals surface area contributed by atoms with Crippen LogP contribution in [-0.4, -0.2) is 18.2 Å². The van der Waals surface area contributed by atoms with Gasteiger partial charge in [-0.05, 0) is 29.8 Å². The molecule has 116 valence electrons. The van der Waals surface area contributed by atoms with Gasteiger partial charge in [0.2, 0.25) is 0 Å². The van der Waals surface area contributed by atoms with Crippen LogP contribution >= 0.6 is 23.2 Å². The summed E-state index contributed by atoms with van der Waals surface area (Å²) >= 11 is 12.2. The van der Waals surface area contributed by atoms with Crippen molar-refractivity contribution in [2.24, 2.45) is 0 Å². The monoisotopic (exact) mass is 340 g/mol. The normalized spacial score (nSPS) is 10.3. The number of rotatable bonds is 6. The summed E-state index contributed by atoms with van der Waals surface area (Å²) in [5.41, 5.74) is 1.31.